The molecule has 0 unspecified atom stereocenters. The lowest BCUT2D eigenvalue weighted by Gasteiger charge is -2.19. The molecule has 0 fully saturated rings. The normalized spacial score (nSPS) is 13.2. The fourth-order valence-electron chi connectivity index (χ4n) is 3.32. The van der Waals surface area contributed by atoms with Gasteiger partial charge >= 0.3 is 12.4 Å². The van der Waals surface area contributed by atoms with Gasteiger partial charge in [-0.2, -0.15) is 31.4 Å². The van der Waals surface area contributed by atoms with Gasteiger partial charge in [-0.25, -0.2) is 9.48 Å². The van der Waals surface area contributed by atoms with Crippen LogP contribution in [-0.4, -0.2) is 26.6 Å². The molecule has 1 aliphatic rings. The summed E-state index contributed by atoms with van der Waals surface area (Å²) in [5.74, 6) is 0.439. The third-order valence-electron chi connectivity index (χ3n) is 4.76. The molecule has 0 radical (unpaired) electrons. The van der Waals surface area contributed by atoms with Crippen LogP contribution in [0.15, 0.2) is 48.9 Å². The van der Waals surface area contributed by atoms with Crippen LogP contribution in [0.5, 0.6) is 0 Å². The van der Waals surface area contributed by atoms with E-state index in [1.807, 2.05) is 5.32 Å². The average Bonchev–Trinajstić information content (AvgIpc) is 3.21. The maximum absolute atomic E-state index is 14.0. The van der Waals surface area contributed by atoms with Gasteiger partial charge in [0, 0.05) is 29.1 Å². The van der Waals surface area contributed by atoms with Crippen molar-refractivity contribution in [3.8, 4) is 5.69 Å². The summed E-state index contributed by atoms with van der Waals surface area (Å²) in [6.07, 6.45) is -5.64. The van der Waals surface area contributed by atoms with Gasteiger partial charge in [0.25, 0.3) is 5.91 Å². The van der Waals surface area contributed by atoms with Crippen molar-refractivity contribution < 1.29 is 35.9 Å². The molecule has 0 aliphatic carbocycles. The summed E-state index contributed by atoms with van der Waals surface area (Å²) in [7, 11) is 0. The van der Waals surface area contributed by atoms with Crippen LogP contribution in [0.1, 0.15) is 32.9 Å². The number of carbonyl (C=O) groups excluding carboxylic acids is 2. The summed E-state index contributed by atoms with van der Waals surface area (Å²) < 4.78 is 81.2. The lowest BCUT2D eigenvalue weighted by Crippen LogP contribution is -2.20. The highest BCUT2D eigenvalue weighted by Gasteiger charge is 2.40. The number of aromatic nitrogens is 3. The largest absolute Gasteiger partial charge is 0.435 e. The number of hydrogen-bond donors (Lipinski definition) is 2. The van der Waals surface area contributed by atoms with E-state index >= 15 is 0 Å². The number of anilines is 1. The Bertz CT molecular complexity index is 1370. The number of alkyl halides is 6. The van der Waals surface area contributed by atoms with Gasteiger partial charge in [0.1, 0.15) is 11.4 Å². The highest BCUT2D eigenvalue weighted by atomic mass is 19.4. The molecule has 13 heteroatoms. The maximum Gasteiger partial charge on any atom is 0.435 e. The van der Waals surface area contributed by atoms with E-state index in [2.05, 4.69) is 15.4 Å². The summed E-state index contributed by atoms with van der Waals surface area (Å²) >= 11 is 0. The first kappa shape index (κ1) is 22.8. The first-order valence-electron chi connectivity index (χ1n) is 9.32. The van der Waals surface area contributed by atoms with E-state index in [1.165, 1.54) is 30.5 Å². The van der Waals surface area contributed by atoms with E-state index in [4.69, 9.17) is 0 Å². The fourth-order valence-corrected chi connectivity index (χ4v) is 3.32. The molecule has 4 rings (SSSR count). The zero-order chi connectivity index (χ0) is 24.7. The summed E-state index contributed by atoms with van der Waals surface area (Å²) in [4.78, 5) is 26.7. The first-order valence-corrected chi connectivity index (χ1v) is 9.32. The fraction of sp³-hybridized carbons (Fsp3) is 0.0952. The Morgan fingerprint density at radius 3 is 2.53 bits per heavy atom. The Morgan fingerprint density at radius 2 is 1.85 bits per heavy atom. The van der Waals surface area contributed by atoms with Crippen molar-refractivity contribution in [3.05, 3.63) is 77.0 Å². The zero-order valence-corrected chi connectivity index (χ0v) is 16.6. The lowest BCUT2D eigenvalue weighted by molar-refractivity contribution is -0.142. The molecule has 0 saturated heterocycles. The highest BCUT2D eigenvalue weighted by molar-refractivity contribution is 6.04. The third kappa shape index (κ3) is 4.16. The minimum atomic E-state index is -5.02. The predicted molar refractivity (Wildman–Crippen MR) is 107 cm³/mol. The molecule has 1 amide bonds. The van der Waals surface area contributed by atoms with Crippen LogP contribution in [0.2, 0.25) is 0 Å². The van der Waals surface area contributed by atoms with Crippen molar-refractivity contribution in [1.82, 2.24) is 20.1 Å². The number of halogens is 6. The molecular weight excluding hydrogens is 468 g/mol. The SMILES string of the molecule is O=C=C1NC=Cc2c1cccc2-n1ncc(NC(=O)c2ccnc(C(F)(F)F)c2)c1C(F)(F)F. The van der Waals surface area contributed by atoms with E-state index in [-0.39, 0.29) is 22.5 Å². The van der Waals surface area contributed by atoms with Crippen molar-refractivity contribution in [2.75, 3.05) is 5.32 Å². The second kappa shape index (κ2) is 8.19. The van der Waals surface area contributed by atoms with Crippen molar-refractivity contribution in [2.24, 2.45) is 0 Å². The summed E-state index contributed by atoms with van der Waals surface area (Å²) in [6, 6.07) is 5.58. The van der Waals surface area contributed by atoms with Gasteiger partial charge in [-0.3, -0.25) is 9.78 Å². The van der Waals surface area contributed by atoms with Crippen molar-refractivity contribution in [1.29, 1.82) is 0 Å². The number of nitrogens with zero attached hydrogens (tertiary/aromatic N) is 3. The second-order valence-corrected chi connectivity index (χ2v) is 6.89. The van der Waals surface area contributed by atoms with Gasteiger partial charge < -0.3 is 10.6 Å². The van der Waals surface area contributed by atoms with Gasteiger partial charge in [-0.1, -0.05) is 12.1 Å². The van der Waals surface area contributed by atoms with Crippen molar-refractivity contribution in [3.63, 3.8) is 0 Å². The molecule has 174 valence electrons. The number of hydrogen-bond acceptors (Lipinski definition) is 5. The lowest BCUT2D eigenvalue weighted by atomic mass is 10.0. The van der Waals surface area contributed by atoms with E-state index in [0.29, 0.717) is 10.7 Å². The molecule has 34 heavy (non-hydrogen) atoms. The smallest absolute Gasteiger partial charge is 0.352 e. The highest BCUT2D eigenvalue weighted by Crippen LogP contribution is 2.38. The zero-order valence-electron chi connectivity index (χ0n) is 16.6. The minimum absolute atomic E-state index is 0.00625. The van der Waals surface area contributed by atoms with Crippen LogP contribution < -0.4 is 10.6 Å². The van der Waals surface area contributed by atoms with E-state index in [0.717, 1.165) is 18.5 Å². The molecular formula is C21H11F6N5O2. The number of amides is 1. The number of benzene rings is 1. The Hall–Kier alpha value is -4.38. The van der Waals surface area contributed by atoms with E-state index in [9.17, 15) is 35.9 Å². The summed E-state index contributed by atoms with van der Waals surface area (Å²) in [6.45, 7) is 0. The molecule has 0 atom stereocenters. The Kier molecular flexibility index (Phi) is 5.49. The Labute approximate surface area is 186 Å². The standard InChI is InChI=1S/C21H11F6N5O2/c22-20(23,24)17-8-11(4-6-29-17)19(34)31-14-9-30-32(18(14)21(25,26)27)16-3-1-2-12-13(16)5-7-28-15(12)10-33/h1-9,28H,(H,31,34). The number of nitrogens with one attached hydrogen (secondary N) is 2. The molecule has 1 aliphatic heterocycles. The molecule has 3 heterocycles. The van der Waals surface area contributed by atoms with Crippen LogP contribution in [0.25, 0.3) is 17.5 Å². The number of rotatable bonds is 3. The Morgan fingerprint density at radius 1 is 1.09 bits per heavy atom. The molecule has 7 nitrogen and oxygen atoms in total. The van der Waals surface area contributed by atoms with Gasteiger partial charge in [0.2, 0.25) is 0 Å². The molecule has 0 bridgehead atoms. The van der Waals surface area contributed by atoms with Gasteiger partial charge in [-0.15, -0.1) is 0 Å². The Balaban J connectivity index is 1.78. The third-order valence-corrected chi connectivity index (χ3v) is 4.76. The summed E-state index contributed by atoms with van der Waals surface area (Å²) in [5.41, 5.74) is -3.61. The van der Waals surface area contributed by atoms with Gasteiger partial charge in [0.05, 0.1) is 17.6 Å². The predicted octanol–water partition coefficient (Wildman–Crippen LogP) is 4.30. The van der Waals surface area contributed by atoms with Crippen molar-refractivity contribution in [2.45, 2.75) is 12.4 Å². The van der Waals surface area contributed by atoms with Gasteiger partial charge in [-0.05, 0) is 24.3 Å². The van der Waals surface area contributed by atoms with E-state index < -0.39 is 40.9 Å². The maximum atomic E-state index is 14.0. The molecule has 0 saturated carbocycles. The van der Waals surface area contributed by atoms with E-state index in [1.54, 1.807) is 5.94 Å². The molecule has 0 spiro atoms. The van der Waals surface area contributed by atoms with Crippen LogP contribution in [0.3, 0.4) is 0 Å². The number of carbonyl (C=O) groups is 1. The monoisotopic (exact) mass is 479 g/mol. The number of pyridine rings is 1. The quantitative estimate of drug-likeness (QED) is 0.432. The average molecular weight is 479 g/mol. The van der Waals surface area contributed by atoms with Crippen molar-refractivity contribution >= 4 is 29.3 Å². The van der Waals surface area contributed by atoms with Crippen LogP contribution >= 0.6 is 0 Å². The molecule has 1 aromatic carbocycles. The minimum Gasteiger partial charge on any atom is -0.352 e. The molecule has 2 aromatic heterocycles. The molecule has 2 N–H and O–H groups in total. The topological polar surface area (TPSA) is 88.9 Å². The van der Waals surface area contributed by atoms with Crippen LogP contribution in [-0.2, 0) is 17.1 Å². The second-order valence-electron chi connectivity index (χ2n) is 6.89. The summed E-state index contributed by atoms with van der Waals surface area (Å²) in [5, 5.41) is 8.34. The number of fused-ring (bicyclic) bond motifs is 1. The van der Waals surface area contributed by atoms with Crippen LogP contribution in [0, 0.1) is 0 Å². The van der Waals surface area contributed by atoms with Gasteiger partial charge in [0.15, 0.2) is 11.6 Å². The first-order chi connectivity index (χ1) is 16.0. The molecule has 3 aromatic rings. The van der Waals surface area contributed by atoms with Crippen LogP contribution in [0.4, 0.5) is 32.0 Å².